The molecule has 1 amide bonds. The first kappa shape index (κ1) is 24.3. The fourth-order valence-electron chi connectivity index (χ4n) is 2.99. The molecule has 2 aromatic carbocycles. The van der Waals surface area contributed by atoms with Crippen molar-refractivity contribution in [1.29, 1.82) is 0 Å². The van der Waals surface area contributed by atoms with Gasteiger partial charge in [0.05, 0.1) is 26.4 Å². The van der Waals surface area contributed by atoms with Crippen molar-refractivity contribution in [3.8, 4) is 0 Å². The number of carbonyl (C=O) groups excluding carboxylic acids is 1. The molecule has 0 fully saturated rings. The van der Waals surface area contributed by atoms with E-state index in [1.807, 2.05) is 19.0 Å². The maximum absolute atomic E-state index is 13.2. The Hall–Kier alpha value is -2.34. The molecule has 0 atom stereocenters. The van der Waals surface area contributed by atoms with Crippen molar-refractivity contribution in [2.24, 2.45) is 0 Å². The van der Waals surface area contributed by atoms with Crippen molar-refractivity contribution >= 4 is 52.3 Å². The molecule has 1 aromatic heterocycles. The van der Waals surface area contributed by atoms with Gasteiger partial charge in [0.2, 0.25) is 5.91 Å². The van der Waals surface area contributed by atoms with Crippen LogP contribution in [-0.2, 0) is 30.9 Å². The average molecular weight is 496 g/mol. The van der Waals surface area contributed by atoms with E-state index < -0.39 is 19.7 Å². The van der Waals surface area contributed by atoms with E-state index in [4.69, 9.17) is 0 Å². The smallest absolute Gasteiger partial charge is 0.233 e. The minimum absolute atomic E-state index is 0.0853. The highest BCUT2D eigenvalue weighted by Gasteiger charge is 2.21. The van der Waals surface area contributed by atoms with Crippen LogP contribution in [0.1, 0.15) is 5.56 Å². The van der Waals surface area contributed by atoms with Crippen LogP contribution in [0.4, 0.5) is 5.13 Å². The molecule has 0 aliphatic carbocycles. The molecule has 0 saturated heterocycles. The first-order valence-corrected chi connectivity index (χ1v) is 14.3. The number of amides is 1. The Labute approximate surface area is 192 Å². The van der Waals surface area contributed by atoms with Gasteiger partial charge < -0.3 is 4.90 Å². The number of nitrogens with zero attached hydrogens (tertiary/aromatic N) is 3. The Morgan fingerprint density at radius 2 is 1.50 bits per heavy atom. The Morgan fingerprint density at radius 1 is 0.906 bits per heavy atom. The molecule has 0 unspecified atom stereocenters. The summed E-state index contributed by atoms with van der Waals surface area (Å²) in [6.07, 6.45) is 2.37. The second-order valence-corrected chi connectivity index (χ2v) is 12.9. The van der Waals surface area contributed by atoms with Gasteiger partial charge in [0, 0.05) is 25.6 Å². The van der Waals surface area contributed by atoms with Gasteiger partial charge >= 0.3 is 0 Å². The minimum atomic E-state index is -3.35. The Kier molecular flexibility index (Phi) is 7.03. The van der Waals surface area contributed by atoms with Gasteiger partial charge in [-0.3, -0.25) is 9.69 Å². The van der Waals surface area contributed by atoms with Gasteiger partial charge in [-0.25, -0.2) is 21.8 Å². The molecule has 11 heteroatoms. The summed E-state index contributed by atoms with van der Waals surface area (Å²) < 4.78 is 47.7. The van der Waals surface area contributed by atoms with Crippen LogP contribution in [0.3, 0.4) is 0 Å². The third kappa shape index (κ3) is 5.91. The molecule has 32 heavy (non-hydrogen) atoms. The topological polar surface area (TPSA) is 105 Å². The number of hydrogen-bond donors (Lipinski definition) is 0. The lowest BCUT2D eigenvalue weighted by atomic mass is 10.1. The lowest BCUT2D eigenvalue weighted by Crippen LogP contribution is -2.37. The lowest BCUT2D eigenvalue weighted by Gasteiger charge is -2.22. The number of likely N-dealkylation sites (N-methyl/N-ethyl adjacent to an activating group) is 1. The van der Waals surface area contributed by atoms with Crippen LogP contribution in [0, 0.1) is 0 Å². The fraction of sp³-hybridized carbons (Fsp3) is 0.333. The van der Waals surface area contributed by atoms with Crippen LogP contribution in [0.2, 0.25) is 0 Å². The molecule has 0 radical (unpaired) electrons. The molecule has 172 valence electrons. The minimum Gasteiger partial charge on any atom is -0.308 e. The van der Waals surface area contributed by atoms with E-state index in [-0.39, 0.29) is 22.1 Å². The van der Waals surface area contributed by atoms with Crippen molar-refractivity contribution in [1.82, 2.24) is 9.88 Å². The zero-order valence-corrected chi connectivity index (χ0v) is 20.7. The maximum atomic E-state index is 13.2. The second kappa shape index (κ2) is 9.26. The Balaban J connectivity index is 1.91. The summed E-state index contributed by atoms with van der Waals surface area (Å²) in [6, 6.07) is 11.0. The number of aromatic nitrogens is 1. The number of hydrogen-bond acceptors (Lipinski definition) is 8. The molecule has 0 N–H and O–H groups in total. The van der Waals surface area contributed by atoms with Gasteiger partial charge in [-0.15, -0.1) is 0 Å². The SMILES string of the molecule is CN(C)CCN(C(=O)Cc1ccc(S(C)(=O)=O)cc1)c1nc2ccc(S(C)(=O)=O)cc2s1. The molecule has 8 nitrogen and oxygen atoms in total. The normalized spacial score (nSPS) is 12.4. The fourth-order valence-corrected chi connectivity index (χ4v) is 5.39. The molecule has 0 bridgehead atoms. The Morgan fingerprint density at radius 3 is 2.06 bits per heavy atom. The first-order chi connectivity index (χ1) is 14.8. The number of thiazole rings is 1. The van der Waals surface area contributed by atoms with E-state index in [0.717, 1.165) is 12.5 Å². The van der Waals surface area contributed by atoms with Gasteiger partial charge in [0.15, 0.2) is 24.8 Å². The zero-order chi connectivity index (χ0) is 23.7. The van der Waals surface area contributed by atoms with E-state index in [9.17, 15) is 21.6 Å². The molecule has 3 aromatic rings. The molecule has 0 saturated carbocycles. The number of anilines is 1. The van der Waals surface area contributed by atoms with E-state index in [1.165, 1.54) is 29.5 Å². The number of rotatable bonds is 8. The van der Waals surface area contributed by atoms with Crippen LogP contribution < -0.4 is 4.90 Å². The Bertz CT molecular complexity index is 1350. The largest absolute Gasteiger partial charge is 0.308 e. The molecule has 0 aliphatic heterocycles. The van der Waals surface area contributed by atoms with Gasteiger partial charge in [0.1, 0.15) is 0 Å². The van der Waals surface area contributed by atoms with Crippen molar-refractivity contribution < 1.29 is 21.6 Å². The standard InChI is InChI=1S/C21H25N3O5S3/c1-23(2)11-12-24(20(25)13-15-5-7-16(8-6-15)31(3,26)27)21-22-18-10-9-17(32(4,28)29)14-19(18)30-21/h5-10,14H,11-13H2,1-4H3. The van der Waals surface area contributed by atoms with Crippen LogP contribution in [0.25, 0.3) is 10.2 Å². The second-order valence-electron chi connectivity index (χ2n) is 7.84. The molecule has 1 heterocycles. The van der Waals surface area contributed by atoms with E-state index in [2.05, 4.69) is 4.98 Å². The van der Waals surface area contributed by atoms with Crippen LogP contribution in [0.5, 0.6) is 0 Å². The summed E-state index contributed by atoms with van der Waals surface area (Å²) in [7, 11) is -2.84. The summed E-state index contributed by atoms with van der Waals surface area (Å²) in [5.74, 6) is -0.179. The van der Waals surface area contributed by atoms with E-state index in [1.54, 1.807) is 29.2 Å². The van der Waals surface area contributed by atoms with Crippen molar-refractivity contribution in [2.45, 2.75) is 16.2 Å². The third-order valence-corrected chi connectivity index (χ3v) is 8.07. The van der Waals surface area contributed by atoms with Crippen LogP contribution >= 0.6 is 11.3 Å². The first-order valence-electron chi connectivity index (χ1n) is 9.69. The lowest BCUT2D eigenvalue weighted by molar-refractivity contribution is -0.118. The maximum Gasteiger partial charge on any atom is 0.233 e. The number of sulfone groups is 2. The molecular weight excluding hydrogens is 470 g/mol. The van der Waals surface area contributed by atoms with Crippen molar-refractivity contribution in [2.75, 3.05) is 44.6 Å². The summed E-state index contributed by atoms with van der Waals surface area (Å²) in [5, 5.41) is 0.491. The van der Waals surface area contributed by atoms with Crippen molar-refractivity contribution in [3.05, 3.63) is 48.0 Å². The number of carbonyl (C=O) groups is 1. The number of fused-ring (bicyclic) bond motifs is 1. The summed E-state index contributed by atoms with van der Waals surface area (Å²) in [4.78, 5) is 21.7. The number of benzene rings is 2. The molecule has 0 aliphatic rings. The van der Waals surface area contributed by atoms with Crippen LogP contribution in [0.15, 0.2) is 52.3 Å². The highest BCUT2D eigenvalue weighted by Crippen LogP contribution is 2.31. The highest BCUT2D eigenvalue weighted by atomic mass is 32.2. The molecular formula is C21H25N3O5S3. The monoisotopic (exact) mass is 495 g/mol. The third-order valence-electron chi connectivity index (χ3n) is 4.79. The predicted molar refractivity (Wildman–Crippen MR) is 127 cm³/mol. The zero-order valence-electron chi connectivity index (χ0n) is 18.3. The molecule has 0 spiro atoms. The van der Waals surface area contributed by atoms with Gasteiger partial charge in [-0.05, 0) is 50.0 Å². The summed E-state index contributed by atoms with van der Waals surface area (Å²) in [5.41, 5.74) is 1.32. The van der Waals surface area contributed by atoms with Gasteiger partial charge in [-0.1, -0.05) is 23.5 Å². The van der Waals surface area contributed by atoms with E-state index >= 15 is 0 Å². The van der Waals surface area contributed by atoms with Crippen LogP contribution in [-0.4, -0.2) is 72.3 Å². The molecule has 3 rings (SSSR count). The average Bonchev–Trinajstić information content (AvgIpc) is 3.09. The summed E-state index contributed by atoms with van der Waals surface area (Å²) in [6.45, 7) is 1.02. The van der Waals surface area contributed by atoms with Gasteiger partial charge in [-0.2, -0.15) is 0 Å². The predicted octanol–water partition coefficient (Wildman–Crippen LogP) is 2.24. The van der Waals surface area contributed by atoms with Crippen molar-refractivity contribution in [3.63, 3.8) is 0 Å². The highest BCUT2D eigenvalue weighted by molar-refractivity contribution is 7.91. The summed E-state index contributed by atoms with van der Waals surface area (Å²) >= 11 is 1.26. The van der Waals surface area contributed by atoms with Gasteiger partial charge in [0.25, 0.3) is 0 Å². The van der Waals surface area contributed by atoms with E-state index in [0.29, 0.717) is 34.0 Å². The quantitative estimate of drug-likeness (QED) is 0.472.